The Kier molecular flexibility index (Phi) is 6.45. The Morgan fingerprint density at radius 1 is 1.06 bits per heavy atom. The van der Waals surface area contributed by atoms with Crippen LogP contribution in [0, 0.1) is 6.92 Å². The minimum absolute atomic E-state index is 0.416. The summed E-state index contributed by atoms with van der Waals surface area (Å²) in [6, 6.07) is 20.6. The molecule has 5 N–H and O–H groups in total. The number of hydrazone groups is 1. The van der Waals surface area contributed by atoms with E-state index < -0.39 is 0 Å². The van der Waals surface area contributed by atoms with E-state index in [1.165, 1.54) is 21.4 Å². The number of aryl methyl sites for hydroxylation is 2. The average molecular weight is 432 g/mol. The van der Waals surface area contributed by atoms with Crippen LogP contribution in [0.1, 0.15) is 23.2 Å². The van der Waals surface area contributed by atoms with E-state index in [-0.39, 0.29) is 0 Å². The minimum Gasteiger partial charge on any atom is -0.487 e. The number of nitrogens with one attached hydrogen (secondary N) is 1. The number of amidine groups is 1. The summed E-state index contributed by atoms with van der Waals surface area (Å²) < 4.78 is 7.15. The fraction of sp³-hybridized carbons (Fsp3) is 0.167. The number of nitrogens with two attached hydrogens (primary N) is 2. The van der Waals surface area contributed by atoms with Crippen molar-refractivity contribution < 1.29 is 4.74 Å². The molecule has 0 radical (unpaired) electrons. The van der Waals surface area contributed by atoms with Crippen LogP contribution in [0.15, 0.2) is 71.1 Å². The van der Waals surface area contributed by atoms with Gasteiger partial charge in [-0.25, -0.2) is 10.8 Å². The molecule has 2 aromatic carbocycles. The Bertz CT molecular complexity index is 1200. The van der Waals surface area contributed by atoms with Gasteiger partial charge in [0.1, 0.15) is 18.2 Å². The van der Waals surface area contributed by atoms with Gasteiger partial charge in [-0.2, -0.15) is 5.10 Å². The number of pyridine rings is 1. The van der Waals surface area contributed by atoms with Crippen LogP contribution < -0.4 is 21.8 Å². The fourth-order valence-corrected chi connectivity index (χ4v) is 4.34. The molecule has 0 amide bonds. The van der Waals surface area contributed by atoms with Crippen molar-refractivity contribution in [1.29, 1.82) is 0 Å². The van der Waals surface area contributed by atoms with Crippen molar-refractivity contribution in [3.8, 4) is 16.9 Å². The van der Waals surface area contributed by atoms with Gasteiger partial charge in [-0.15, -0.1) is 11.3 Å². The molecule has 0 spiro atoms. The van der Waals surface area contributed by atoms with Gasteiger partial charge in [0.15, 0.2) is 0 Å². The Hall–Kier alpha value is -3.42. The van der Waals surface area contributed by atoms with E-state index >= 15 is 0 Å². The van der Waals surface area contributed by atoms with Crippen molar-refractivity contribution in [2.45, 2.75) is 26.4 Å². The molecule has 4 aromatic rings. The lowest BCUT2D eigenvalue weighted by Crippen LogP contribution is -2.31. The lowest BCUT2D eigenvalue weighted by molar-refractivity contribution is 0.302. The highest BCUT2D eigenvalue weighted by Gasteiger charge is 2.11. The van der Waals surface area contributed by atoms with Crippen LogP contribution in [0.4, 0.5) is 0 Å². The molecule has 158 valence electrons. The third-order valence-corrected chi connectivity index (χ3v) is 6.13. The van der Waals surface area contributed by atoms with Crippen LogP contribution in [0.5, 0.6) is 5.75 Å². The first-order chi connectivity index (χ1) is 15.2. The van der Waals surface area contributed by atoms with Crippen molar-refractivity contribution in [2.75, 3.05) is 0 Å². The first-order valence-corrected chi connectivity index (χ1v) is 10.9. The second-order valence-electron chi connectivity index (χ2n) is 7.27. The number of aromatic nitrogens is 1. The van der Waals surface area contributed by atoms with Gasteiger partial charge in [0.05, 0.1) is 15.9 Å². The van der Waals surface area contributed by atoms with Crippen molar-refractivity contribution in [3.05, 3.63) is 82.9 Å². The molecule has 4 rings (SSSR count). The summed E-state index contributed by atoms with van der Waals surface area (Å²) in [4.78, 5) is 4.89. The van der Waals surface area contributed by atoms with E-state index in [9.17, 15) is 0 Å². The summed E-state index contributed by atoms with van der Waals surface area (Å²) in [6.45, 7) is 2.55. The largest absolute Gasteiger partial charge is 0.487 e. The fourth-order valence-electron chi connectivity index (χ4n) is 3.45. The van der Waals surface area contributed by atoms with Gasteiger partial charge in [-0.05, 0) is 54.3 Å². The Morgan fingerprint density at radius 3 is 2.61 bits per heavy atom. The van der Waals surface area contributed by atoms with E-state index in [1.54, 1.807) is 11.3 Å². The summed E-state index contributed by atoms with van der Waals surface area (Å²) in [5, 5.41) is 5.78. The number of benzene rings is 2. The summed E-state index contributed by atoms with van der Waals surface area (Å²) >= 11 is 1.72. The van der Waals surface area contributed by atoms with Gasteiger partial charge in [-0.3, -0.25) is 0 Å². The Morgan fingerprint density at radius 2 is 1.87 bits per heavy atom. The van der Waals surface area contributed by atoms with E-state index in [4.69, 9.17) is 21.4 Å². The van der Waals surface area contributed by atoms with Gasteiger partial charge < -0.3 is 16.0 Å². The molecular weight excluding hydrogens is 406 g/mol. The topological polar surface area (TPSA) is 98.5 Å². The Balaban J connectivity index is 1.45. The quantitative estimate of drug-likeness (QED) is 0.173. The van der Waals surface area contributed by atoms with E-state index in [2.05, 4.69) is 53.2 Å². The first kappa shape index (κ1) is 20.8. The number of hydrogen-bond donors (Lipinski definition) is 3. The molecular formula is C24H25N5OS. The maximum absolute atomic E-state index is 5.97. The molecule has 0 saturated carbocycles. The average Bonchev–Trinajstić information content (AvgIpc) is 3.22. The lowest BCUT2D eigenvalue weighted by Gasteiger charge is -2.09. The maximum atomic E-state index is 5.97. The highest BCUT2D eigenvalue weighted by molar-refractivity contribution is 7.17. The lowest BCUT2D eigenvalue weighted by atomic mass is 10.0. The molecule has 2 heterocycles. The molecule has 6 nitrogen and oxygen atoms in total. The molecule has 0 bridgehead atoms. The van der Waals surface area contributed by atoms with Crippen LogP contribution in [0.25, 0.3) is 21.3 Å². The number of ether oxygens (including phenoxy) is 1. The molecule has 0 aliphatic carbocycles. The normalized spacial score (nSPS) is 11.6. The van der Waals surface area contributed by atoms with Crippen molar-refractivity contribution in [3.63, 3.8) is 0 Å². The molecule has 0 aliphatic rings. The van der Waals surface area contributed by atoms with Gasteiger partial charge in [-0.1, -0.05) is 36.4 Å². The van der Waals surface area contributed by atoms with Crippen LogP contribution in [0.2, 0.25) is 0 Å². The molecule has 2 aromatic heterocycles. The highest BCUT2D eigenvalue weighted by Crippen LogP contribution is 2.34. The Labute approximate surface area is 185 Å². The van der Waals surface area contributed by atoms with Crippen molar-refractivity contribution in [2.24, 2.45) is 16.8 Å². The molecule has 31 heavy (non-hydrogen) atoms. The highest BCUT2D eigenvalue weighted by atomic mass is 32.1. The van der Waals surface area contributed by atoms with Crippen LogP contribution in [-0.4, -0.2) is 10.8 Å². The van der Waals surface area contributed by atoms with Gasteiger partial charge >= 0.3 is 0 Å². The second-order valence-corrected chi connectivity index (χ2v) is 8.18. The summed E-state index contributed by atoms with van der Waals surface area (Å²) in [6.07, 6.45) is 1.44. The van der Waals surface area contributed by atoms with E-state index in [0.29, 0.717) is 18.9 Å². The number of hydrazine groups is 1. The first-order valence-electron chi connectivity index (χ1n) is 10.1. The van der Waals surface area contributed by atoms with E-state index in [1.807, 2.05) is 30.3 Å². The molecule has 0 atom stereocenters. The summed E-state index contributed by atoms with van der Waals surface area (Å²) in [5.41, 5.74) is 9.24. The predicted molar refractivity (Wildman–Crippen MR) is 128 cm³/mol. The number of thiophene rings is 1. The zero-order valence-electron chi connectivity index (χ0n) is 17.3. The standard InChI is InChI=1S/C24H25N5OS/c1-16-4-2-3-5-20(16)21-15-31-22-12-9-18(27-24(21)22)14-30-19-10-6-17(7-11-19)8-13-23(28-25)29-26/h2-7,9-12,15H,8,13-14,25-26H2,1H3,(H,28,29). The zero-order valence-corrected chi connectivity index (χ0v) is 18.2. The van der Waals surface area contributed by atoms with Gasteiger partial charge in [0, 0.05) is 17.4 Å². The smallest absolute Gasteiger partial charge is 0.136 e. The molecule has 0 fully saturated rings. The third-order valence-electron chi connectivity index (χ3n) is 5.19. The van der Waals surface area contributed by atoms with E-state index in [0.717, 1.165) is 28.9 Å². The van der Waals surface area contributed by atoms with Gasteiger partial charge in [0.2, 0.25) is 0 Å². The summed E-state index contributed by atoms with van der Waals surface area (Å²) in [5.74, 6) is 12.0. The SMILES string of the molecule is Cc1ccccc1-c1csc2ccc(COc3ccc(CCC(=NN)NN)cc3)nc12. The molecule has 0 saturated heterocycles. The number of hydrogen-bond acceptors (Lipinski definition) is 6. The number of nitrogens with zero attached hydrogens (tertiary/aromatic N) is 2. The van der Waals surface area contributed by atoms with Crippen LogP contribution in [-0.2, 0) is 13.0 Å². The zero-order chi connectivity index (χ0) is 21.6. The predicted octanol–water partition coefficient (Wildman–Crippen LogP) is 4.52. The molecule has 0 unspecified atom stereocenters. The number of rotatable bonds is 7. The number of fused-ring (bicyclic) bond motifs is 1. The van der Waals surface area contributed by atoms with Crippen molar-refractivity contribution >= 4 is 27.4 Å². The second kappa shape index (κ2) is 9.59. The molecule has 7 heteroatoms. The molecule has 0 aliphatic heterocycles. The van der Waals surface area contributed by atoms with Crippen molar-refractivity contribution in [1.82, 2.24) is 10.4 Å². The third kappa shape index (κ3) is 4.84. The minimum atomic E-state index is 0.416. The van der Waals surface area contributed by atoms with Crippen LogP contribution in [0.3, 0.4) is 0 Å². The van der Waals surface area contributed by atoms with Crippen LogP contribution >= 0.6 is 11.3 Å². The monoisotopic (exact) mass is 431 g/mol. The maximum Gasteiger partial charge on any atom is 0.136 e. The summed E-state index contributed by atoms with van der Waals surface area (Å²) in [7, 11) is 0. The van der Waals surface area contributed by atoms with Gasteiger partial charge in [0.25, 0.3) is 0 Å².